The summed E-state index contributed by atoms with van der Waals surface area (Å²) in [6.45, 7) is 1.19. The monoisotopic (exact) mass is 296 g/mol. The highest BCUT2D eigenvalue weighted by molar-refractivity contribution is 7.80. The third-order valence-corrected chi connectivity index (χ3v) is 3.84. The minimum atomic E-state index is -0.483. The van der Waals surface area contributed by atoms with E-state index in [-0.39, 0.29) is 17.6 Å². The molecule has 2 N–H and O–H groups in total. The summed E-state index contributed by atoms with van der Waals surface area (Å²) in [4.78, 5) is 14.6. The Morgan fingerprint density at radius 1 is 1.55 bits per heavy atom. The number of methoxy groups -OCH3 is 1. The van der Waals surface area contributed by atoms with Crippen molar-refractivity contribution >= 4 is 23.1 Å². The van der Waals surface area contributed by atoms with Crippen LogP contribution in [0.3, 0.4) is 0 Å². The zero-order chi connectivity index (χ0) is 14.7. The summed E-state index contributed by atoms with van der Waals surface area (Å²) < 4.78 is 18.3. The summed E-state index contributed by atoms with van der Waals surface area (Å²) in [6.07, 6.45) is 1.78. The predicted octanol–water partition coefficient (Wildman–Crippen LogP) is 1.97. The maximum absolute atomic E-state index is 13.4. The first-order valence-electron chi connectivity index (χ1n) is 6.45. The molecule has 1 heterocycles. The fraction of sp³-hybridized carbons (Fsp3) is 0.429. The summed E-state index contributed by atoms with van der Waals surface area (Å²) in [7, 11) is 1.37. The lowest BCUT2D eigenvalue weighted by Gasteiger charge is -2.32. The summed E-state index contributed by atoms with van der Waals surface area (Å²) in [5, 5.41) is 0. The summed E-state index contributed by atoms with van der Waals surface area (Å²) >= 11 is 5.00. The Hall–Kier alpha value is -1.69. The van der Waals surface area contributed by atoms with E-state index >= 15 is 0 Å². The Morgan fingerprint density at radius 2 is 2.30 bits per heavy atom. The molecule has 0 radical (unpaired) electrons. The number of carbonyl (C=O) groups is 1. The maximum atomic E-state index is 13.4. The molecular weight excluding hydrogens is 279 g/mol. The molecule has 0 saturated carbocycles. The predicted molar refractivity (Wildman–Crippen MR) is 78.4 cm³/mol. The van der Waals surface area contributed by atoms with E-state index in [1.54, 1.807) is 4.90 Å². The number of nitrogens with zero attached hydrogens (tertiary/aromatic N) is 1. The lowest BCUT2D eigenvalue weighted by molar-refractivity contribution is 0.0703. The molecule has 1 aromatic rings. The van der Waals surface area contributed by atoms with Gasteiger partial charge in [-0.05, 0) is 31.0 Å². The number of nitrogens with two attached hydrogens (primary N) is 1. The third-order valence-electron chi connectivity index (χ3n) is 3.51. The van der Waals surface area contributed by atoms with Gasteiger partial charge in [0.05, 0.1) is 12.1 Å². The summed E-state index contributed by atoms with van der Waals surface area (Å²) in [5.74, 6) is -0.503. The Morgan fingerprint density at radius 3 is 2.95 bits per heavy atom. The number of hydrogen-bond acceptors (Lipinski definition) is 3. The van der Waals surface area contributed by atoms with Crippen LogP contribution in [0.4, 0.5) is 4.39 Å². The average Bonchev–Trinajstić information content (AvgIpc) is 2.47. The van der Waals surface area contributed by atoms with Gasteiger partial charge in [-0.2, -0.15) is 0 Å². The molecule has 1 atom stereocenters. The zero-order valence-corrected chi connectivity index (χ0v) is 12.1. The van der Waals surface area contributed by atoms with Crippen molar-refractivity contribution in [3.63, 3.8) is 0 Å². The molecule has 4 nitrogen and oxygen atoms in total. The average molecular weight is 296 g/mol. The molecule has 20 heavy (non-hydrogen) atoms. The van der Waals surface area contributed by atoms with Crippen molar-refractivity contribution < 1.29 is 13.9 Å². The number of likely N-dealkylation sites (tertiary alicyclic amines) is 1. The van der Waals surface area contributed by atoms with E-state index in [0.29, 0.717) is 23.6 Å². The largest absolute Gasteiger partial charge is 0.494 e. The van der Waals surface area contributed by atoms with Gasteiger partial charge < -0.3 is 15.4 Å². The Balaban J connectivity index is 2.16. The van der Waals surface area contributed by atoms with Gasteiger partial charge in [-0.15, -0.1) is 0 Å². The molecule has 0 aromatic heterocycles. The van der Waals surface area contributed by atoms with Gasteiger partial charge in [0.2, 0.25) is 0 Å². The molecule has 108 valence electrons. The van der Waals surface area contributed by atoms with E-state index in [2.05, 4.69) is 0 Å². The fourth-order valence-electron chi connectivity index (χ4n) is 2.37. The van der Waals surface area contributed by atoms with Crippen LogP contribution in [0, 0.1) is 11.7 Å². The second-order valence-corrected chi connectivity index (χ2v) is 5.31. The van der Waals surface area contributed by atoms with E-state index in [1.165, 1.54) is 25.3 Å². The van der Waals surface area contributed by atoms with E-state index in [1.807, 2.05) is 0 Å². The van der Waals surface area contributed by atoms with Crippen LogP contribution >= 0.6 is 12.2 Å². The van der Waals surface area contributed by atoms with Crippen molar-refractivity contribution in [1.29, 1.82) is 0 Å². The van der Waals surface area contributed by atoms with Crippen LogP contribution in [-0.4, -0.2) is 36.0 Å². The Kier molecular flexibility index (Phi) is 4.54. The molecule has 1 fully saturated rings. The second kappa shape index (κ2) is 6.17. The number of ether oxygens (including phenoxy) is 1. The van der Waals surface area contributed by atoms with Crippen LogP contribution in [0.2, 0.25) is 0 Å². The van der Waals surface area contributed by atoms with Gasteiger partial charge in [-0.1, -0.05) is 12.2 Å². The SMILES string of the molecule is COc1cc(C(=O)N2CCCC(C(N)=S)C2)ccc1F. The first kappa shape index (κ1) is 14.7. The number of amides is 1. The van der Waals surface area contributed by atoms with Crippen molar-refractivity contribution in [3.8, 4) is 5.75 Å². The molecule has 6 heteroatoms. The van der Waals surface area contributed by atoms with Gasteiger partial charge in [0.25, 0.3) is 5.91 Å². The van der Waals surface area contributed by atoms with Crippen molar-refractivity contribution in [3.05, 3.63) is 29.6 Å². The molecule has 0 aliphatic carbocycles. The number of carbonyl (C=O) groups excluding carboxylic acids is 1. The first-order chi connectivity index (χ1) is 9.52. The van der Waals surface area contributed by atoms with Crippen LogP contribution in [0.1, 0.15) is 23.2 Å². The van der Waals surface area contributed by atoms with E-state index < -0.39 is 5.82 Å². The number of benzene rings is 1. The highest BCUT2D eigenvalue weighted by atomic mass is 32.1. The Bertz CT molecular complexity index is 536. The van der Waals surface area contributed by atoms with Crippen molar-refractivity contribution in [1.82, 2.24) is 4.90 Å². The molecule has 1 aliphatic rings. The van der Waals surface area contributed by atoms with Gasteiger partial charge in [0, 0.05) is 24.6 Å². The molecule has 0 spiro atoms. The lowest BCUT2D eigenvalue weighted by Crippen LogP contribution is -2.43. The van der Waals surface area contributed by atoms with Crippen LogP contribution in [-0.2, 0) is 0 Å². The normalized spacial score (nSPS) is 18.7. The van der Waals surface area contributed by atoms with Gasteiger partial charge >= 0.3 is 0 Å². The van der Waals surface area contributed by atoms with E-state index in [4.69, 9.17) is 22.7 Å². The molecule has 1 amide bonds. The van der Waals surface area contributed by atoms with E-state index in [0.717, 1.165) is 12.8 Å². The summed E-state index contributed by atoms with van der Waals surface area (Å²) in [5.41, 5.74) is 6.07. The molecular formula is C14H17FN2O2S. The molecule has 1 saturated heterocycles. The zero-order valence-electron chi connectivity index (χ0n) is 11.3. The number of thiocarbonyl (C=S) groups is 1. The minimum absolute atomic E-state index is 0.0602. The molecule has 1 aliphatic heterocycles. The molecule has 2 rings (SSSR count). The van der Waals surface area contributed by atoms with Crippen LogP contribution in [0.5, 0.6) is 5.75 Å². The summed E-state index contributed by atoms with van der Waals surface area (Å²) in [6, 6.07) is 4.12. The second-order valence-electron chi connectivity index (χ2n) is 4.84. The third kappa shape index (κ3) is 3.07. The quantitative estimate of drug-likeness (QED) is 0.867. The number of piperidine rings is 1. The molecule has 1 aromatic carbocycles. The van der Waals surface area contributed by atoms with Crippen LogP contribution < -0.4 is 10.5 Å². The first-order valence-corrected chi connectivity index (χ1v) is 6.86. The number of hydrogen-bond donors (Lipinski definition) is 1. The highest BCUT2D eigenvalue weighted by Gasteiger charge is 2.26. The van der Waals surface area contributed by atoms with E-state index in [9.17, 15) is 9.18 Å². The van der Waals surface area contributed by atoms with Crippen molar-refractivity contribution in [2.75, 3.05) is 20.2 Å². The van der Waals surface area contributed by atoms with Crippen LogP contribution in [0.15, 0.2) is 18.2 Å². The van der Waals surface area contributed by atoms with Gasteiger partial charge in [-0.3, -0.25) is 4.79 Å². The van der Waals surface area contributed by atoms with Gasteiger partial charge in [0.1, 0.15) is 0 Å². The number of halogens is 1. The smallest absolute Gasteiger partial charge is 0.254 e. The standard InChI is InChI=1S/C14H17FN2O2S/c1-19-12-7-9(4-5-11(12)15)14(18)17-6-2-3-10(8-17)13(16)20/h4-5,7,10H,2-3,6,8H2,1H3,(H2,16,20). The molecule has 0 bridgehead atoms. The number of rotatable bonds is 3. The van der Waals surface area contributed by atoms with Crippen molar-refractivity contribution in [2.24, 2.45) is 11.7 Å². The van der Waals surface area contributed by atoms with Gasteiger partial charge in [0.15, 0.2) is 11.6 Å². The highest BCUT2D eigenvalue weighted by Crippen LogP contribution is 2.22. The fourth-order valence-corrected chi connectivity index (χ4v) is 2.56. The molecule has 1 unspecified atom stereocenters. The minimum Gasteiger partial charge on any atom is -0.494 e. The van der Waals surface area contributed by atoms with Crippen molar-refractivity contribution in [2.45, 2.75) is 12.8 Å². The maximum Gasteiger partial charge on any atom is 0.254 e. The van der Waals surface area contributed by atoms with Crippen LogP contribution in [0.25, 0.3) is 0 Å². The Labute approximate surface area is 122 Å². The topological polar surface area (TPSA) is 55.6 Å². The van der Waals surface area contributed by atoms with Gasteiger partial charge in [-0.25, -0.2) is 4.39 Å². The lowest BCUT2D eigenvalue weighted by atomic mass is 9.97.